The van der Waals surface area contributed by atoms with Gasteiger partial charge in [-0.1, -0.05) is 0 Å². The van der Waals surface area contributed by atoms with Crippen LogP contribution < -0.4 is 0 Å². The molecule has 0 unspecified atom stereocenters. The van der Waals surface area contributed by atoms with E-state index in [1.807, 2.05) is 0 Å². The van der Waals surface area contributed by atoms with Crippen molar-refractivity contribution in [3.05, 3.63) is 0 Å². The molecule has 0 spiro atoms. The first kappa shape index (κ1) is 7.31. The van der Waals surface area contributed by atoms with Gasteiger partial charge >= 0.3 is 43.5 Å². The van der Waals surface area contributed by atoms with Crippen LogP contribution in [0.25, 0.3) is 0 Å². The summed E-state index contributed by atoms with van der Waals surface area (Å²) < 4.78 is 34.0. The second-order valence-corrected chi connectivity index (χ2v) is 5.32. The van der Waals surface area contributed by atoms with Gasteiger partial charge in [0.15, 0.2) is 0 Å². The normalized spacial score (nSPS) is 15.1. The van der Waals surface area contributed by atoms with Gasteiger partial charge in [0, 0.05) is 0 Å². The molecule has 0 aromatic carbocycles. The van der Waals surface area contributed by atoms with Gasteiger partial charge < -0.3 is 0 Å². The zero-order valence-electron chi connectivity index (χ0n) is 4.12. The summed E-state index contributed by atoms with van der Waals surface area (Å²) in [5.41, 5.74) is 0. The Kier molecular flexibility index (Phi) is 2.14. The van der Waals surface area contributed by atoms with Crippen LogP contribution in [-0.2, 0) is 0 Å². The molecule has 0 bridgehead atoms. The average Bonchev–Trinajstić information content (AvgIpc) is 1.31. The van der Waals surface area contributed by atoms with Crippen molar-refractivity contribution < 1.29 is 10.7 Å². The predicted molar refractivity (Wildman–Crippen MR) is 24.2 cm³/mol. The second-order valence-electron chi connectivity index (χ2n) is 1.49. The quantitative estimate of drug-likeness (QED) is 0.541. The molecule has 0 saturated heterocycles. The molecule has 0 aliphatic heterocycles. The Bertz CT molecular complexity index is 55.7. The maximum absolute atomic E-state index is 11.3. The van der Waals surface area contributed by atoms with Crippen LogP contribution in [0.1, 0.15) is 13.8 Å². The third kappa shape index (κ3) is 2.94. The number of halogens is 3. The zero-order valence-corrected chi connectivity index (χ0v) is 5.83. The van der Waals surface area contributed by atoms with Gasteiger partial charge in [0.05, 0.1) is 0 Å². The number of hydrogen-bond donors (Lipinski definition) is 0. The van der Waals surface area contributed by atoms with Crippen LogP contribution in [0.15, 0.2) is 0 Å². The summed E-state index contributed by atoms with van der Waals surface area (Å²) in [6.07, 6.45) is 0. The van der Waals surface area contributed by atoms with E-state index in [-0.39, 0.29) is 0 Å². The monoisotopic (exact) mass is 180 g/mol. The van der Waals surface area contributed by atoms with Crippen molar-refractivity contribution in [1.29, 1.82) is 0 Å². The fraction of sp³-hybridized carbons (Fsp3) is 1.00. The molecule has 0 amide bonds. The molecule has 0 aliphatic rings. The van der Waals surface area contributed by atoms with E-state index in [9.17, 15) is 10.7 Å². The van der Waals surface area contributed by atoms with Crippen LogP contribution in [0.3, 0.4) is 0 Å². The summed E-state index contributed by atoms with van der Waals surface area (Å²) >= 11 is -5.39. The number of rotatable bonds is 1. The van der Waals surface area contributed by atoms with E-state index in [2.05, 4.69) is 0 Å². The van der Waals surface area contributed by atoms with Crippen molar-refractivity contribution in [2.45, 2.75) is 18.7 Å². The Morgan fingerprint density at radius 2 is 1.29 bits per heavy atom. The summed E-state index contributed by atoms with van der Waals surface area (Å²) in [5.74, 6) is 0. The minimum absolute atomic E-state index is 1.05. The Morgan fingerprint density at radius 3 is 1.29 bits per heavy atom. The Morgan fingerprint density at radius 1 is 1.14 bits per heavy atom. The molecule has 0 atom stereocenters. The first-order valence-corrected chi connectivity index (χ1v) is 4.78. The molecule has 0 fully saturated rings. The van der Waals surface area contributed by atoms with Crippen LogP contribution in [0.5, 0.6) is 0 Å². The SMILES string of the molecule is CC(C)[Se](F)(F)F. The van der Waals surface area contributed by atoms with E-state index in [1.165, 1.54) is 13.8 Å². The van der Waals surface area contributed by atoms with Crippen LogP contribution in [-0.4, -0.2) is 14.2 Å². The van der Waals surface area contributed by atoms with E-state index in [4.69, 9.17) is 0 Å². The van der Waals surface area contributed by atoms with Crippen molar-refractivity contribution in [1.82, 2.24) is 0 Å². The molecule has 0 aliphatic carbocycles. The van der Waals surface area contributed by atoms with Gasteiger partial charge in [-0.2, -0.15) is 0 Å². The fourth-order valence-electron chi connectivity index (χ4n) is 0. The second kappa shape index (κ2) is 2.05. The van der Waals surface area contributed by atoms with E-state index in [0.717, 1.165) is 0 Å². The molecular formula is C3H7F3Se. The average molecular weight is 179 g/mol. The zero-order chi connectivity index (χ0) is 6.08. The molecule has 0 aromatic rings. The Balaban J connectivity index is 3.54. The molecule has 0 radical (unpaired) electrons. The van der Waals surface area contributed by atoms with Crippen molar-refractivity contribution in [3.63, 3.8) is 0 Å². The van der Waals surface area contributed by atoms with E-state index in [0.29, 0.717) is 0 Å². The van der Waals surface area contributed by atoms with E-state index >= 15 is 0 Å². The Hall–Kier alpha value is 0.309. The molecule has 0 heterocycles. The van der Waals surface area contributed by atoms with E-state index < -0.39 is 19.0 Å². The van der Waals surface area contributed by atoms with Gasteiger partial charge in [0.1, 0.15) is 0 Å². The van der Waals surface area contributed by atoms with Gasteiger partial charge in [-0.25, -0.2) is 0 Å². The summed E-state index contributed by atoms with van der Waals surface area (Å²) in [4.78, 5) is -1.05. The molecular weight excluding hydrogens is 172 g/mol. The standard InChI is InChI=1S/C3H7F3Se/c1-3(2)7(4,5)6/h3H,1-2H3. The van der Waals surface area contributed by atoms with Gasteiger partial charge in [0.25, 0.3) is 0 Å². The summed E-state index contributed by atoms with van der Waals surface area (Å²) in [7, 11) is 0. The molecule has 0 aromatic heterocycles. The molecule has 0 rings (SSSR count). The van der Waals surface area contributed by atoms with Crippen molar-refractivity contribution in [2.24, 2.45) is 0 Å². The first-order valence-electron chi connectivity index (χ1n) is 1.85. The number of hydrogen-bond acceptors (Lipinski definition) is 0. The molecule has 0 N–H and O–H groups in total. The van der Waals surface area contributed by atoms with Crippen molar-refractivity contribution >= 4 is 14.2 Å². The van der Waals surface area contributed by atoms with Crippen molar-refractivity contribution in [2.75, 3.05) is 0 Å². The third-order valence-corrected chi connectivity index (χ3v) is 2.78. The molecule has 46 valence electrons. The van der Waals surface area contributed by atoms with Crippen LogP contribution in [0, 0.1) is 0 Å². The summed E-state index contributed by atoms with van der Waals surface area (Å²) in [6, 6.07) is 0. The topological polar surface area (TPSA) is 0 Å². The summed E-state index contributed by atoms with van der Waals surface area (Å²) in [6.45, 7) is 2.39. The summed E-state index contributed by atoms with van der Waals surface area (Å²) in [5, 5.41) is 0. The molecule has 4 heteroatoms. The van der Waals surface area contributed by atoms with Gasteiger partial charge in [-0.05, 0) is 0 Å². The third-order valence-electron chi connectivity index (χ3n) is 0.535. The van der Waals surface area contributed by atoms with Crippen molar-refractivity contribution in [3.8, 4) is 0 Å². The maximum atomic E-state index is 11.3. The van der Waals surface area contributed by atoms with Gasteiger partial charge in [0.2, 0.25) is 0 Å². The van der Waals surface area contributed by atoms with E-state index in [1.54, 1.807) is 0 Å². The van der Waals surface area contributed by atoms with Crippen LogP contribution in [0.2, 0.25) is 4.82 Å². The van der Waals surface area contributed by atoms with Crippen LogP contribution in [0.4, 0.5) is 10.7 Å². The fourth-order valence-corrected chi connectivity index (χ4v) is 0. The molecule has 0 nitrogen and oxygen atoms in total. The van der Waals surface area contributed by atoms with Gasteiger partial charge in [-0.15, -0.1) is 0 Å². The minimum atomic E-state index is -5.39. The van der Waals surface area contributed by atoms with Gasteiger partial charge in [-0.3, -0.25) is 0 Å². The molecule has 0 saturated carbocycles. The van der Waals surface area contributed by atoms with Crippen LogP contribution >= 0.6 is 0 Å². The molecule has 7 heavy (non-hydrogen) atoms. The predicted octanol–water partition coefficient (Wildman–Crippen LogP) is 2.24. The Labute approximate surface area is 44.3 Å². The first-order chi connectivity index (χ1) is 2.94.